The minimum absolute atomic E-state index is 0.147. The third-order valence-electron chi connectivity index (χ3n) is 2.31. The van der Waals surface area contributed by atoms with Crippen LogP contribution < -0.4 is 11.1 Å². The van der Waals surface area contributed by atoms with Gasteiger partial charge in [-0.15, -0.1) is 0 Å². The molecular formula is C12H10BrClN2O2. The Hall–Kier alpha value is -1.46. The number of carbonyl (C=O) groups excluding carboxylic acids is 1. The molecule has 0 aliphatic carbocycles. The van der Waals surface area contributed by atoms with E-state index in [1.165, 1.54) is 6.26 Å². The standard InChI is InChI=1S/C12H10BrClN2O2/c13-8-1-2-10(9(14)4-8)16-5-7-3-11(12(15)17)18-6-7/h1-4,6,16H,5H2,(H2,15,17). The molecule has 0 atom stereocenters. The van der Waals surface area contributed by atoms with E-state index in [0.717, 1.165) is 15.7 Å². The highest BCUT2D eigenvalue weighted by Crippen LogP contribution is 2.26. The van der Waals surface area contributed by atoms with E-state index in [1.54, 1.807) is 12.1 Å². The molecule has 0 spiro atoms. The van der Waals surface area contributed by atoms with Crippen LogP contribution in [0.5, 0.6) is 0 Å². The van der Waals surface area contributed by atoms with Crippen molar-refractivity contribution in [2.75, 3.05) is 5.32 Å². The number of hydrogen-bond donors (Lipinski definition) is 2. The van der Waals surface area contributed by atoms with Gasteiger partial charge in [-0.3, -0.25) is 4.79 Å². The van der Waals surface area contributed by atoms with Gasteiger partial charge in [-0.25, -0.2) is 0 Å². The van der Waals surface area contributed by atoms with E-state index in [2.05, 4.69) is 21.2 Å². The SMILES string of the molecule is NC(=O)c1cc(CNc2ccc(Br)cc2Cl)co1. The summed E-state index contributed by atoms with van der Waals surface area (Å²) >= 11 is 9.39. The molecule has 94 valence electrons. The molecule has 6 heteroatoms. The summed E-state index contributed by atoms with van der Waals surface area (Å²) in [6.45, 7) is 0.498. The van der Waals surface area contributed by atoms with E-state index in [-0.39, 0.29) is 5.76 Å². The number of hydrogen-bond acceptors (Lipinski definition) is 3. The fraction of sp³-hybridized carbons (Fsp3) is 0.0833. The molecule has 0 unspecified atom stereocenters. The lowest BCUT2D eigenvalue weighted by atomic mass is 10.2. The van der Waals surface area contributed by atoms with E-state index < -0.39 is 5.91 Å². The summed E-state index contributed by atoms with van der Waals surface area (Å²) in [5.41, 5.74) is 6.72. The van der Waals surface area contributed by atoms with Gasteiger partial charge in [0.15, 0.2) is 5.76 Å². The number of anilines is 1. The number of halogens is 2. The topological polar surface area (TPSA) is 68.3 Å². The number of rotatable bonds is 4. The maximum atomic E-state index is 10.9. The first-order valence-electron chi connectivity index (χ1n) is 5.12. The zero-order valence-electron chi connectivity index (χ0n) is 9.24. The quantitative estimate of drug-likeness (QED) is 0.903. The molecule has 0 radical (unpaired) electrons. The highest BCUT2D eigenvalue weighted by atomic mass is 79.9. The van der Waals surface area contributed by atoms with Gasteiger partial charge in [-0.1, -0.05) is 27.5 Å². The highest BCUT2D eigenvalue weighted by molar-refractivity contribution is 9.10. The zero-order chi connectivity index (χ0) is 13.1. The number of amides is 1. The van der Waals surface area contributed by atoms with Crippen LogP contribution in [0.4, 0.5) is 5.69 Å². The van der Waals surface area contributed by atoms with Gasteiger partial charge in [0, 0.05) is 16.6 Å². The molecule has 2 aromatic rings. The Bertz CT molecular complexity index is 583. The van der Waals surface area contributed by atoms with Gasteiger partial charge >= 0.3 is 0 Å². The number of nitrogens with two attached hydrogens (primary N) is 1. The summed E-state index contributed by atoms with van der Waals surface area (Å²) in [7, 11) is 0. The lowest BCUT2D eigenvalue weighted by molar-refractivity contribution is 0.0974. The number of furan rings is 1. The third kappa shape index (κ3) is 3.05. The summed E-state index contributed by atoms with van der Waals surface area (Å²) in [5, 5.41) is 3.76. The fourth-order valence-electron chi connectivity index (χ4n) is 1.43. The average Bonchev–Trinajstić information content (AvgIpc) is 2.76. The van der Waals surface area contributed by atoms with Crippen LogP contribution in [0.3, 0.4) is 0 Å². The summed E-state index contributed by atoms with van der Waals surface area (Å²) in [4.78, 5) is 10.9. The molecule has 1 aromatic heterocycles. The van der Waals surface area contributed by atoms with Crippen LogP contribution in [0.25, 0.3) is 0 Å². The second-order valence-electron chi connectivity index (χ2n) is 3.66. The Morgan fingerprint density at radius 3 is 2.83 bits per heavy atom. The molecule has 0 aliphatic heterocycles. The summed E-state index contributed by atoms with van der Waals surface area (Å²) in [6.07, 6.45) is 1.49. The molecule has 4 nitrogen and oxygen atoms in total. The van der Waals surface area contributed by atoms with Gasteiger partial charge in [-0.05, 0) is 24.3 Å². The van der Waals surface area contributed by atoms with E-state index in [0.29, 0.717) is 11.6 Å². The summed E-state index contributed by atoms with van der Waals surface area (Å²) in [6, 6.07) is 7.15. The molecule has 1 amide bonds. The van der Waals surface area contributed by atoms with E-state index in [9.17, 15) is 4.79 Å². The molecule has 0 saturated heterocycles. The van der Waals surface area contributed by atoms with Crippen LogP contribution in [0.15, 0.2) is 39.4 Å². The molecule has 0 fully saturated rings. The Balaban J connectivity index is 2.04. The molecule has 1 heterocycles. The molecule has 2 rings (SSSR count). The van der Waals surface area contributed by atoms with Crippen LogP contribution in [0, 0.1) is 0 Å². The summed E-state index contributed by atoms with van der Waals surface area (Å²) < 4.78 is 5.92. The first-order chi connectivity index (χ1) is 8.56. The van der Waals surface area contributed by atoms with Gasteiger partial charge in [0.2, 0.25) is 0 Å². The van der Waals surface area contributed by atoms with E-state index in [4.69, 9.17) is 21.8 Å². The number of carbonyl (C=O) groups is 1. The summed E-state index contributed by atoms with van der Waals surface area (Å²) in [5.74, 6) is -0.434. The van der Waals surface area contributed by atoms with Gasteiger partial charge in [0.1, 0.15) is 0 Å². The first kappa shape index (κ1) is 13.0. The smallest absolute Gasteiger partial charge is 0.284 e. The maximum absolute atomic E-state index is 10.9. The monoisotopic (exact) mass is 328 g/mol. The highest BCUT2D eigenvalue weighted by Gasteiger charge is 2.07. The Kier molecular flexibility index (Phi) is 3.93. The molecular weight excluding hydrogens is 320 g/mol. The van der Waals surface area contributed by atoms with Crippen LogP contribution in [-0.2, 0) is 6.54 Å². The molecule has 0 aliphatic rings. The van der Waals surface area contributed by atoms with Crippen molar-refractivity contribution in [3.63, 3.8) is 0 Å². The molecule has 1 aromatic carbocycles. The second-order valence-corrected chi connectivity index (χ2v) is 4.98. The third-order valence-corrected chi connectivity index (χ3v) is 3.12. The zero-order valence-corrected chi connectivity index (χ0v) is 11.6. The van der Waals surface area contributed by atoms with Gasteiger partial charge in [0.25, 0.3) is 5.91 Å². The Morgan fingerprint density at radius 1 is 1.44 bits per heavy atom. The molecule has 0 saturated carbocycles. The lowest BCUT2D eigenvalue weighted by Crippen LogP contribution is -2.09. The number of primary amides is 1. The van der Waals surface area contributed by atoms with Gasteiger partial charge in [-0.2, -0.15) is 0 Å². The maximum Gasteiger partial charge on any atom is 0.284 e. The van der Waals surface area contributed by atoms with Crippen LogP contribution in [-0.4, -0.2) is 5.91 Å². The predicted octanol–water partition coefficient (Wildman–Crippen LogP) is 3.41. The van der Waals surface area contributed by atoms with Crippen molar-refractivity contribution in [1.82, 2.24) is 0 Å². The van der Waals surface area contributed by atoms with Crippen LogP contribution in [0.2, 0.25) is 5.02 Å². The minimum atomic E-state index is -0.581. The predicted molar refractivity (Wildman–Crippen MR) is 73.7 cm³/mol. The fourth-order valence-corrected chi connectivity index (χ4v) is 2.17. The lowest BCUT2D eigenvalue weighted by Gasteiger charge is -2.07. The van der Waals surface area contributed by atoms with Crippen LogP contribution >= 0.6 is 27.5 Å². The minimum Gasteiger partial charge on any atom is -0.459 e. The van der Waals surface area contributed by atoms with Crippen molar-refractivity contribution >= 4 is 39.1 Å². The van der Waals surface area contributed by atoms with Crippen molar-refractivity contribution in [3.8, 4) is 0 Å². The van der Waals surface area contributed by atoms with Crippen molar-refractivity contribution in [3.05, 3.63) is 51.3 Å². The van der Waals surface area contributed by atoms with Crippen molar-refractivity contribution in [1.29, 1.82) is 0 Å². The van der Waals surface area contributed by atoms with Gasteiger partial charge in [0.05, 0.1) is 17.0 Å². The largest absolute Gasteiger partial charge is 0.459 e. The first-order valence-corrected chi connectivity index (χ1v) is 6.29. The number of benzene rings is 1. The van der Waals surface area contributed by atoms with Crippen molar-refractivity contribution in [2.24, 2.45) is 5.73 Å². The van der Waals surface area contributed by atoms with Crippen molar-refractivity contribution in [2.45, 2.75) is 6.54 Å². The second kappa shape index (κ2) is 5.46. The van der Waals surface area contributed by atoms with Crippen molar-refractivity contribution < 1.29 is 9.21 Å². The average molecular weight is 330 g/mol. The molecule has 0 bridgehead atoms. The Morgan fingerprint density at radius 2 is 2.22 bits per heavy atom. The van der Waals surface area contributed by atoms with Gasteiger partial charge < -0.3 is 15.5 Å². The van der Waals surface area contributed by atoms with E-state index >= 15 is 0 Å². The molecule has 3 N–H and O–H groups in total. The van der Waals surface area contributed by atoms with Crippen LogP contribution in [0.1, 0.15) is 16.1 Å². The number of nitrogens with one attached hydrogen (secondary N) is 1. The normalized spacial score (nSPS) is 10.3. The van der Waals surface area contributed by atoms with E-state index in [1.807, 2.05) is 12.1 Å². The Labute approximate surface area is 117 Å². The molecule has 18 heavy (non-hydrogen) atoms.